The van der Waals surface area contributed by atoms with Crippen LogP contribution in [0.15, 0.2) is 18.2 Å². The van der Waals surface area contributed by atoms with Crippen LogP contribution in [0.1, 0.15) is 31.9 Å². The van der Waals surface area contributed by atoms with E-state index in [2.05, 4.69) is 32.0 Å². The highest BCUT2D eigenvalue weighted by atomic mass is 28.3. The maximum Gasteiger partial charge on any atom is 0.423 e. The van der Waals surface area contributed by atoms with E-state index in [1.807, 2.05) is 13.8 Å². The molecule has 89 valence electrons. The molecule has 0 saturated carbocycles. The molecule has 0 unspecified atom stereocenters. The van der Waals surface area contributed by atoms with Crippen LogP contribution in [0.3, 0.4) is 0 Å². The Morgan fingerprint density at radius 2 is 1.69 bits per heavy atom. The summed E-state index contributed by atoms with van der Waals surface area (Å²) in [6.45, 7) is 9.75. The van der Waals surface area contributed by atoms with Crippen LogP contribution in [0, 0.1) is 6.92 Å². The topological polar surface area (TPSA) is 18.5 Å². The van der Waals surface area contributed by atoms with Crippen molar-refractivity contribution in [3.8, 4) is 0 Å². The Hall–Kier alpha value is -0.643. The molecule has 2 nitrogen and oxygen atoms in total. The van der Waals surface area contributed by atoms with Gasteiger partial charge in [-0.1, -0.05) is 30.7 Å². The minimum absolute atomic E-state index is 0.714. The Morgan fingerprint density at radius 1 is 1.06 bits per heavy atom. The van der Waals surface area contributed by atoms with Gasteiger partial charge in [0.05, 0.1) is 0 Å². The fourth-order valence-corrected chi connectivity index (χ4v) is 3.43. The van der Waals surface area contributed by atoms with E-state index in [0.717, 1.165) is 6.42 Å². The second-order valence-electron chi connectivity index (χ2n) is 3.67. The van der Waals surface area contributed by atoms with Crippen LogP contribution in [-0.4, -0.2) is 22.5 Å². The highest BCUT2D eigenvalue weighted by molar-refractivity contribution is 6.61. The predicted octanol–water partition coefficient (Wildman–Crippen LogP) is 2.33. The Balaban J connectivity index is 3.00. The molecular formula is C13H21O2Si. The van der Waals surface area contributed by atoms with E-state index in [9.17, 15) is 0 Å². The maximum atomic E-state index is 5.75. The zero-order chi connectivity index (χ0) is 12.0. The normalized spacial score (nSPS) is 11.1. The molecule has 0 aliphatic carbocycles. The van der Waals surface area contributed by atoms with Gasteiger partial charge < -0.3 is 8.85 Å². The molecule has 3 heteroatoms. The molecule has 0 atom stereocenters. The first kappa shape index (κ1) is 13.4. The van der Waals surface area contributed by atoms with Crippen molar-refractivity contribution in [2.45, 2.75) is 34.1 Å². The average Bonchev–Trinajstić information content (AvgIpc) is 2.29. The molecule has 0 fully saturated rings. The number of rotatable bonds is 6. The molecular weight excluding hydrogens is 216 g/mol. The van der Waals surface area contributed by atoms with Crippen molar-refractivity contribution in [2.75, 3.05) is 13.2 Å². The molecule has 0 bridgehead atoms. The quantitative estimate of drug-likeness (QED) is 0.707. The lowest BCUT2D eigenvalue weighted by Gasteiger charge is -2.17. The summed E-state index contributed by atoms with van der Waals surface area (Å²) in [5, 5.41) is 1.27. The summed E-state index contributed by atoms with van der Waals surface area (Å²) in [4.78, 5) is 0. The minimum Gasteiger partial charge on any atom is -0.390 e. The van der Waals surface area contributed by atoms with Gasteiger partial charge in [-0.25, -0.2) is 0 Å². The summed E-state index contributed by atoms with van der Waals surface area (Å²) < 4.78 is 11.5. The number of hydrogen-bond acceptors (Lipinski definition) is 2. The summed E-state index contributed by atoms with van der Waals surface area (Å²) >= 11 is 0. The van der Waals surface area contributed by atoms with E-state index in [4.69, 9.17) is 8.85 Å². The third kappa shape index (κ3) is 3.44. The van der Waals surface area contributed by atoms with Crippen molar-refractivity contribution >= 4 is 14.5 Å². The SMILES string of the molecule is CCO[Si](OCC)c1cc(C)ccc1CC. The molecule has 0 aliphatic rings. The highest BCUT2D eigenvalue weighted by Gasteiger charge is 2.21. The van der Waals surface area contributed by atoms with Crippen molar-refractivity contribution in [3.63, 3.8) is 0 Å². The van der Waals surface area contributed by atoms with E-state index in [-0.39, 0.29) is 0 Å². The maximum absolute atomic E-state index is 5.75. The van der Waals surface area contributed by atoms with Gasteiger partial charge in [-0.2, -0.15) is 0 Å². The first-order valence-corrected chi connectivity index (χ1v) is 7.27. The largest absolute Gasteiger partial charge is 0.423 e. The van der Waals surface area contributed by atoms with E-state index in [1.54, 1.807) is 0 Å². The molecule has 0 saturated heterocycles. The van der Waals surface area contributed by atoms with Crippen LogP contribution >= 0.6 is 0 Å². The third-order valence-corrected chi connectivity index (χ3v) is 4.42. The first-order chi connectivity index (χ1) is 7.72. The van der Waals surface area contributed by atoms with Crippen LogP contribution < -0.4 is 5.19 Å². The van der Waals surface area contributed by atoms with Crippen molar-refractivity contribution in [2.24, 2.45) is 0 Å². The number of benzene rings is 1. The van der Waals surface area contributed by atoms with Crippen LogP contribution in [0.5, 0.6) is 0 Å². The van der Waals surface area contributed by atoms with E-state index < -0.39 is 9.28 Å². The Labute approximate surface area is 100 Å². The molecule has 0 amide bonds. The predicted molar refractivity (Wildman–Crippen MR) is 69.2 cm³/mol. The molecule has 0 aromatic heterocycles. The summed E-state index contributed by atoms with van der Waals surface area (Å²) in [5.74, 6) is 0. The second kappa shape index (κ2) is 6.84. The van der Waals surface area contributed by atoms with Gasteiger partial charge in [0.15, 0.2) is 0 Å². The monoisotopic (exact) mass is 237 g/mol. The van der Waals surface area contributed by atoms with Gasteiger partial charge in [-0.15, -0.1) is 0 Å². The van der Waals surface area contributed by atoms with Gasteiger partial charge in [0, 0.05) is 13.2 Å². The van der Waals surface area contributed by atoms with Crippen LogP contribution in [0.2, 0.25) is 0 Å². The van der Waals surface area contributed by atoms with Gasteiger partial charge in [-0.3, -0.25) is 0 Å². The molecule has 0 heterocycles. The second-order valence-corrected chi connectivity index (χ2v) is 5.36. The lowest BCUT2D eigenvalue weighted by atomic mass is 10.1. The van der Waals surface area contributed by atoms with Gasteiger partial charge in [-0.05, 0) is 37.9 Å². The lowest BCUT2D eigenvalue weighted by molar-refractivity contribution is 0.225. The fourth-order valence-electron chi connectivity index (χ4n) is 1.65. The Bertz CT molecular complexity index is 320. The minimum atomic E-state index is -1.29. The zero-order valence-corrected chi connectivity index (χ0v) is 11.7. The lowest BCUT2D eigenvalue weighted by Crippen LogP contribution is -2.39. The van der Waals surface area contributed by atoms with Gasteiger partial charge in [0.25, 0.3) is 0 Å². The van der Waals surface area contributed by atoms with Crippen LogP contribution in [0.25, 0.3) is 0 Å². The number of hydrogen-bond donors (Lipinski definition) is 0. The molecule has 1 aromatic rings. The summed E-state index contributed by atoms with van der Waals surface area (Å²) in [5.41, 5.74) is 2.62. The standard InChI is InChI=1S/C13H21O2Si/c1-5-12-9-8-11(4)10-13(12)16(14-6-2)15-7-3/h8-10H,5-7H2,1-4H3. The molecule has 0 N–H and O–H groups in total. The summed E-state index contributed by atoms with van der Waals surface area (Å²) in [6.07, 6.45) is 1.03. The fraction of sp³-hybridized carbons (Fsp3) is 0.538. The Morgan fingerprint density at radius 3 is 2.19 bits per heavy atom. The molecule has 1 radical (unpaired) electrons. The van der Waals surface area contributed by atoms with E-state index in [1.165, 1.54) is 16.3 Å². The van der Waals surface area contributed by atoms with Crippen molar-refractivity contribution in [1.82, 2.24) is 0 Å². The smallest absolute Gasteiger partial charge is 0.390 e. The summed E-state index contributed by atoms with van der Waals surface area (Å²) in [6, 6.07) is 6.55. The van der Waals surface area contributed by atoms with Gasteiger partial charge in [0.2, 0.25) is 0 Å². The van der Waals surface area contributed by atoms with Gasteiger partial charge in [0.1, 0.15) is 0 Å². The molecule has 0 spiro atoms. The van der Waals surface area contributed by atoms with Crippen molar-refractivity contribution < 1.29 is 8.85 Å². The molecule has 1 aromatic carbocycles. The zero-order valence-electron chi connectivity index (χ0n) is 10.7. The van der Waals surface area contributed by atoms with Crippen LogP contribution in [0.4, 0.5) is 0 Å². The third-order valence-electron chi connectivity index (χ3n) is 2.42. The average molecular weight is 237 g/mol. The highest BCUT2D eigenvalue weighted by Crippen LogP contribution is 2.05. The van der Waals surface area contributed by atoms with Crippen LogP contribution in [-0.2, 0) is 15.3 Å². The molecule has 16 heavy (non-hydrogen) atoms. The summed E-state index contributed by atoms with van der Waals surface area (Å²) in [7, 11) is -1.29. The first-order valence-electron chi connectivity index (χ1n) is 5.95. The van der Waals surface area contributed by atoms with E-state index >= 15 is 0 Å². The Kier molecular flexibility index (Phi) is 5.73. The van der Waals surface area contributed by atoms with Gasteiger partial charge >= 0.3 is 9.28 Å². The van der Waals surface area contributed by atoms with Crippen molar-refractivity contribution in [3.05, 3.63) is 29.3 Å². The number of aryl methyl sites for hydroxylation is 2. The van der Waals surface area contributed by atoms with Crippen molar-refractivity contribution in [1.29, 1.82) is 0 Å². The molecule has 0 aliphatic heterocycles. The molecule has 1 rings (SSSR count). The van der Waals surface area contributed by atoms with E-state index in [0.29, 0.717) is 13.2 Å².